The highest BCUT2D eigenvalue weighted by Crippen LogP contribution is 2.33. The summed E-state index contributed by atoms with van der Waals surface area (Å²) in [6.07, 6.45) is 3.45. The summed E-state index contributed by atoms with van der Waals surface area (Å²) in [7, 11) is 2.09. The second-order valence-corrected chi connectivity index (χ2v) is 7.86. The maximum Gasteiger partial charge on any atom is 0.241 e. The zero-order valence-corrected chi connectivity index (χ0v) is 17.7. The van der Waals surface area contributed by atoms with E-state index in [4.69, 9.17) is 11.6 Å². The van der Waals surface area contributed by atoms with Crippen molar-refractivity contribution >= 4 is 34.1 Å². The second kappa shape index (κ2) is 8.67. The molecule has 0 radical (unpaired) electrons. The molecule has 7 nitrogen and oxygen atoms in total. The summed E-state index contributed by atoms with van der Waals surface area (Å²) in [5.74, 6) is -0.599. The van der Waals surface area contributed by atoms with Gasteiger partial charge in [0.15, 0.2) is 5.82 Å². The van der Waals surface area contributed by atoms with E-state index in [2.05, 4.69) is 37.1 Å². The third-order valence-electron chi connectivity index (χ3n) is 5.61. The van der Waals surface area contributed by atoms with Gasteiger partial charge < -0.3 is 15.2 Å². The predicted molar refractivity (Wildman–Crippen MR) is 116 cm³/mol. The van der Waals surface area contributed by atoms with Crippen LogP contribution in [0, 0.1) is 5.82 Å². The highest BCUT2D eigenvalue weighted by Gasteiger charge is 2.27. The van der Waals surface area contributed by atoms with Crippen LogP contribution in [0.15, 0.2) is 30.6 Å². The summed E-state index contributed by atoms with van der Waals surface area (Å²) < 4.78 is 14.3. The number of benzene rings is 1. The molecule has 1 unspecified atom stereocenters. The van der Waals surface area contributed by atoms with E-state index in [9.17, 15) is 9.18 Å². The monoisotopic (exact) mass is 430 g/mol. The normalized spacial score (nSPS) is 16.7. The number of H-pyrrole nitrogens is 1. The maximum absolute atomic E-state index is 14.3. The molecule has 0 aliphatic carbocycles. The van der Waals surface area contributed by atoms with Crippen molar-refractivity contribution in [3.8, 4) is 11.3 Å². The molecule has 3 heterocycles. The minimum Gasteiger partial charge on any atom is -0.359 e. The first-order valence-electron chi connectivity index (χ1n) is 10.00. The van der Waals surface area contributed by atoms with Crippen LogP contribution in [0.25, 0.3) is 22.2 Å². The maximum atomic E-state index is 14.3. The fourth-order valence-electron chi connectivity index (χ4n) is 3.95. The lowest BCUT2D eigenvalue weighted by molar-refractivity contribution is -0.122. The molecule has 1 fully saturated rings. The number of hydrogen-bond donors (Lipinski definition) is 2. The Morgan fingerprint density at radius 1 is 1.33 bits per heavy atom. The predicted octanol–water partition coefficient (Wildman–Crippen LogP) is 3.38. The van der Waals surface area contributed by atoms with Crippen LogP contribution < -0.4 is 5.32 Å². The number of likely N-dealkylation sites (N-methyl/N-ethyl adjacent to an activating group) is 1. The molecule has 9 heteroatoms. The smallest absolute Gasteiger partial charge is 0.241 e. The molecular formula is C21H24ClFN6O. The summed E-state index contributed by atoms with van der Waals surface area (Å²) >= 11 is 5.85. The molecule has 1 atom stereocenters. The van der Waals surface area contributed by atoms with Crippen LogP contribution in [-0.2, 0) is 4.79 Å². The van der Waals surface area contributed by atoms with Gasteiger partial charge in [0, 0.05) is 43.3 Å². The van der Waals surface area contributed by atoms with E-state index >= 15 is 0 Å². The number of nitrogens with zero attached hydrogens (tertiary/aromatic N) is 4. The molecular weight excluding hydrogens is 407 g/mol. The molecule has 3 aromatic rings. The van der Waals surface area contributed by atoms with Crippen molar-refractivity contribution in [2.24, 2.45) is 0 Å². The first kappa shape index (κ1) is 20.7. The van der Waals surface area contributed by atoms with E-state index in [1.165, 1.54) is 0 Å². The number of nitrogens with one attached hydrogen (secondary N) is 2. The number of fused-ring (bicyclic) bond motifs is 1. The summed E-state index contributed by atoms with van der Waals surface area (Å²) in [4.78, 5) is 28.4. The van der Waals surface area contributed by atoms with Crippen molar-refractivity contribution in [3.63, 3.8) is 0 Å². The SMILES string of the molecule is CCC(C(=O)Nc1cccc2c(-c3nc(Cl)ncc3F)c[nH]c12)N1CCN(C)CC1. The molecule has 158 valence electrons. The molecule has 1 aliphatic heterocycles. The van der Waals surface area contributed by atoms with Gasteiger partial charge in [-0.3, -0.25) is 9.69 Å². The van der Waals surface area contributed by atoms with Gasteiger partial charge in [0.25, 0.3) is 0 Å². The Balaban J connectivity index is 1.61. The van der Waals surface area contributed by atoms with Gasteiger partial charge in [-0.2, -0.15) is 0 Å². The van der Waals surface area contributed by atoms with Crippen LogP contribution in [0.5, 0.6) is 0 Å². The number of rotatable bonds is 5. The van der Waals surface area contributed by atoms with Crippen molar-refractivity contribution in [2.45, 2.75) is 19.4 Å². The van der Waals surface area contributed by atoms with Gasteiger partial charge in [-0.05, 0) is 31.1 Å². The van der Waals surface area contributed by atoms with Crippen molar-refractivity contribution < 1.29 is 9.18 Å². The average Bonchev–Trinajstić information content (AvgIpc) is 3.17. The number of carbonyl (C=O) groups is 1. The fraction of sp³-hybridized carbons (Fsp3) is 0.381. The lowest BCUT2D eigenvalue weighted by Gasteiger charge is -2.36. The lowest BCUT2D eigenvalue weighted by Crippen LogP contribution is -2.52. The number of anilines is 1. The molecule has 30 heavy (non-hydrogen) atoms. The molecule has 1 amide bonds. The number of carbonyl (C=O) groups excluding carboxylic acids is 1. The third-order valence-corrected chi connectivity index (χ3v) is 5.79. The van der Waals surface area contributed by atoms with Crippen LogP contribution in [0.1, 0.15) is 13.3 Å². The molecule has 4 rings (SSSR count). The Labute approximate surface area is 179 Å². The van der Waals surface area contributed by atoms with Crippen LogP contribution in [0.4, 0.5) is 10.1 Å². The van der Waals surface area contributed by atoms with Crippen LogP contribution in [0.3, 0.4) is 0 Å². The summed E-state index contributed by atoms with van der Waals surface area (Å²) in [5, 5.41) is 3.78. The number of aromatic amines is 1. The van der Waals surface area contributed by atoms with Gasteiger partial charge in [0.1, 0.15) is 5.69 Å². The van der Waals surface area contributed by atoms with E-state index < -0.39 is 5.82 Å². The largest absolute Gasteiger partial charge is 0.359 e. The second-order valence-electron chi connectivity index (χ2n) is 7.52. The Bertz CT molecular complexity index is 1060. The van der Waals surface area contributed by atoms with Gasteiger partial charge in [-0.1, -0.05) is 19.1 Å². The summed E-state index contributed by atoms with van der Waals surface area (Å²) in [6, 6.07) is 5.32. The van der Waals surface area contributed by atoms with Crippen LogP contribution in [0.2, 0.25) is 5.28 Å². The van der Waals surface area contributed by atoms with Gasteiger partial charge in [-0.25, -0.2) is 14.4 Å². The van der Waals surface area contributed by atoms with E-state index in [0.29, 0.717) is 16.8 Å². The van der Waals surface area contributed by atoms with Crippen LogP contribution in [-0.4, -0.2) is 69.9 Å². The van der Waals surface area contributed by atoms with Crippen LogP contribution >= 0.6 is 11.6 Å². The zero-order chi connectivity index (χ0) is 21.3. The van der Waals surface area contributed by atoms with Crippen molar-refractivity contribution in [3.05, 3.63) is 41.7 Å². The minimum absolute atomic E-state index is 0.0248. The Morgan fingerprint density at radius 2 is 2.10 bits per heavy atom. The molecule has 1 aromatic carbocycles. The fourth-order valence-corrected chi connectivity index (χ4v) is 4.08. The molecule has 0 saturated carbocycles. The molecule has 1 saturated heterocycles. The highest BCUT2D eigenvalue weighted by molar-refractivity contribution is 6.28. The zero-order valence-electron chi connectivity index (χ0n) is 17.0. The van der Waals surface area contributed by atoms with E-state index in [1.807, 2.05) is 25.1 Å². The first-order valence-corrected chi connectivity index (χ1v) is 10.4. The highest BCUT2D eigenvalue weighted by atomic mass is 35.5. The molecule has 0 bridgehead atoms. The van der Waals surface area contributed by atoms with Gasteiger partial charge in [-0.15, -0.1) is 0 Å². The number of piperazine rings is 1. The first-order chi connectivity index (χ1) is 14.5. The Hall–Kier alpha value is -2.55. The molecule has 1 aliphatic rings. The van der Waals surface area contributed by atoms with Gasteiger partial charge in [0.2, 0.25) is 11.2 Å². The number of hydrogen-bond acceptors (Lipinski definition) is 5. The molecule has 0 spiro atoms. The van der Waals surface area contributed by atoms with Gasteiger partial charge >= 0.3 is 0 Å². The minimum atomic E-state index is -0.559. The third kappa shape index (κ3) is 4.03. The molecule has 2 N–H and O–H groups in total. The standard InChI is InChI=1S/C21H24ClFN6O/c1-3-17(29-9-7-28(2)8-10-29)20(30)26-16-6-4-5-13-14(11-24-19(13)16)18-15(23)12-25-21(22)27-18/h4-6,11-12,17,24H,3,7-10H2,1-2H3,(H,26,30). The quantitative estimate of drug-likeness (QED) is 0.607. The summed E-state index contributed by atoms with van der Waals surface area (Å²) in [5.41, 5.74) is 2.04. The van der Waals surface area contributed by atoms with Crippen molar-refractivity contribution in [2.75, 3.05) is 38.5 Å². The average molecular weight is 431 g/mol. The molecule has 2 aromatic heterocycles. The summed E-state index contributed by atoms with van der Waals surface area (Å²) in [6.45, 7) is 5.66. The van der Waals surface area contributed by atoms with E-state index in [0.717, 1.165) is 44.2 Å². The Morgan fingerprint density at radius 3 is 2.83 bits per heavy atom. The number of amides is 1. The van der Waals surface area contributed by atoms with Crippen molar-refractivity contribution in [1.82, 2.24) is 24.8 Å². The number of para-hydroxylation sites is 1. The number of aromatic nitrogens is 3. The lowest BCUT2D eigenvalue weighted by atomic mass is 10.1. The van der Waals surface area contributed by atoms with E-state index in [-0.39, 0.29) is 22.9 Å². The van der Waals surface area contributed by atoms with Gasteiger partial charge in [0.05, 0.1) is 23.4 Å². The van der Waals surface area contributed by atoms with E-state index in [1.54, 1.807) is 6.20 Å². The van der Waals surface area contributed by atoms with Crippen molar-refractivity contribution in [1.29, 1.82) is 0 Å². The number of halogens is 2. The topological polar surface area (TPSA) is 77.1 Å². The Kier molecular flexibility index (Phi) is 5.99.